The molecule has 0 unspecified atom stereocenters. The molecular weight excluding hydrogens is 221 g/mol. The fraction of sp³-hybridized carbons (Fsp3) is 0.538. The normalized spacial score (nSPS) is 26.1. The molecule has 0 aromatic heterocycles. The van der Waals surface area contributed by atoms with Crippen LogP contribution in [0.25, 0.3) is 0 Å². The predicted molar refractivity (Wildman–Crippen MR) is 63.2 cm³/mol. The quantitative estimate of drug-likeness (QED) is 0.839. The standard InChI is InChI=1S/C13H18FNO2/c1-10(11-4-2-3-5-12(11)14)15-8-13(16)6-7-17-9-13/h2-5,10,15-16H,6-9H2,1H3/t10-,13-/m0/s1. The van der Waals surface area contributed by atoms with Crippen molar-refractivity contribution < 1.29 is 14.2 Å². The molecule has 1 aromatic rings. The lowest BCUT2D eigenvalue weighted by atomic mass is 10.0. The summed E-state index contributed by atoms with van der Waals surface area (Å²) in [5.41, 5.74) is -0.186. The molecule has 2 atom stereocenters. The summed E-state index contributed by atoms with van der Waals surface area (Å²) in [6, 6.07) is 6.55. The van der Waals surface area contributed by atoms with Crippen molar-refractivity contribution in [3.05, 3.63) is 35.6 Å². The smallest absolute Gasteiger partial charge is 0.127 e. The molecule has 1 fully saturated rings. The molecule has 1 aliphatic rings. The first-order valence-electron chi connectivity index (χ1n) is 5.89. The molecule has 0 amide bonds. The average Bonchev–Trinajstić information content (AvgIpc) is 2.74. The van der Waals surface area contributed by atoms with Crippen LogP contribution >= 0.6 is 0 Å². The lowest BCUT2D eigenvalue weighted by Crippen LogP contribution is -2.42. The Morgan fingerprint density at radius 2 is 2.29 bits per heavy atom. The molecule has 17 heavy (non-hydrogen) atoms. The maximum absolute atomic E-state index is 13.5. The Bertz CT molecular complexity index is 377. The number of ether oxygens (including phenoxy) is 1. The number of benzene rings is 1. The Hall–Kier alpha value is -0.970. The summed E-state index contributed by atoms with van der Waals surface area (Å²) in [6.07, 6.45) is 0.629. The van der Waals surface area contributed by atoms with E-state index >= 15 is 0 Å². The Labute approximate surface area is 101 Å². The number of aliphatic hydroxyl groups is 1. The SMILES string of the molecule is C[C@H](NC[C@@]1(O)CCOC1)c1ccccc1F. The van der Waals surface area contributed by atoms with Crippen LogP contribution in [0, 0.1) is 5.82 Å². The van der Waals surface area contributed by atoms with E-state index in [0.29, 0.717) is 31.7 Å². The van der Waals surface area contributed by atoms with Gasteiger partial charge in [0.15, 0.2) is 0 Å². The van der Waals surface area contributed by atoms with Crippen molar-refractivity contribution in [1.29, 1.82) is 0 Å². The van der Waals surface area contributed by atoms with Crippen LogP contribution in [0.5, 0.6) is 0 Å². The van der Waals surface area contributed by atoms with Gasteiger partial charge in [0.05, 0.1) is 6.61 Å². The van der Waals surface area contributed by atoms with Crippen molar-refractivity contribution in [2.45, 2.75) is 25.0 Å². The Morgan fingerprint density at radius 1 is 1.53 bits per heavy atom. The average molecular weight is 239 g/mol. The lowest BCUT2D eigenvalue weighted by Gasteiger charge is -2.24. The molecule has 0 aliphatic carbocycles. The van der Waals surface area contributed by atoms with E-state index in [4.69, 9.17) is 4.74 Å². The third-order valence-corrected chi connectivity index (χ3v) is 3.19. The van der Waals surface area contributed by atoms with Gasteiger partial charge in [0.1, 0.15) is 11.4 Å². The molecular formula is C13H18FNO2. The fourth-order valence-electron chi connectivity index (χ4n) is 2.02. The molecule has 4 heteroatoms. The number of rotatable bonds is 4. The zero-order chi connectivity index (χ0) is 12.3. The van der Waals surface area contributed by atoms with Gasteiger partial charge in [-0.1, -0.05) is 18.2 Å². The molecule has 1 heterocycles. The molecule has 0 spiro atoms. The highest BCUT2D eigenvalue weighted by Gasteiger charge is 2.32. The molecule has 1 saturated heterocycles. The molecule has 1 aliphatic heterocycles. The Balaban J connectivity index is 1.93. The van der Waals surface area contributed by atoms with E-state index in [9.17, 15) is 9.50 Å². The van der Waals surface area contributed by atoms with Crippen molar-refractivity contribution in [3.8, 4) is 0 Å². The highest BCUT2D eigenvalue weighted by Crippen LogP contribution is 2.20. The minimum Gasteiger partial charge on any atom is -0.386 e. The van der Waals surface area contributed by atoms with Gasteiger partial charge < -0.3 is 15.2 Å². The van der Waals surface area contributed by atoms with Gasteiger partial charge >= 0.3 is 0 Å². The topological polar surface area (TPSA) is 41.5 Å². The van der Waals surface area contributed by atoms with Gasteiger partial charge in [0, 0.05) is 31.2 Å². The Kier molecular flexibility index (Phi) is 3.76. The summed E-state index contributed by atoms with van der Waals surface area (Å²) >= 11 is 0. The summed E-state index contributed by atoms with van der Waals surface area (Å²) in [5.74, 6) is -0.220. The molecule has 94 valence electrons. The predicted octanol–water partition coefficient (Wildman–Crippen LogP) is 1.63. The van der Waals surface area contributed by atoms with E-state index in [2.05, 4.69) is 5.32 Å². The maximum atomic E-state index is 13.5. The summed E-state index contributed by atoms with van der Waals surface area (Å²) in [7, 11) is 0. The number of nitrogens with one attached hydrogen (secondary N) is 1. The van der Waals surface area contributed by atoms with Gasteiger partial charge in [0.25, 0.3) is 0 Å². The van der Waals surface area contributed by atoms with Crippen LogP contribution in [-0.2, 0) is 4.74 Å². The van der Waals surface area contributed by atoms with E-state index in [1.807, 2.05) is 13.0 Å². The fourth-order valence-corrected chi connectivity index (χ4v) is 2.02. The Morgan fingerprint density at radius 3 is 2.94 bits per heavy atom. The zero-order valence-electron chi connectivity index (χ0n) is 9.95. The van der Waals surface area contributed by atoms with E-state index in [0.717, 1.165) is 0 Å². The molecule has 0 radical (unpaired) electrons. The van der Waals surface area contributed by atoms with Crippen LogP contribution in [0.3, 0.4) is 0 Å². The van der Waals surface area contributed by atoms with Crippen LogP contribution in [0.15, 0.2) is 24.3 Å². The van der Waals surface area contributed by atoms with Gasteiger partial charge in [-0.05, 0) is 13.0 Å². The second kappa shape index (κ2) is 5.12. The monoisotopic (exact) mass is 239 g/mol. The molecule has 0 bridgehead atoms. The van der Waals surface area contributed by atoms with E-state index in [1.165, 1.54) is 6.07 Å². The van der Waals surface area contributed by atoms with Gasteiger partial charge in [-0.2, -0.15) is 0 Å². The van der Waals surface area contributed by atoms with Crippen LogP contribution < -0.4 is 5.32 Å². The second-order valence-electron chi connectivity index (χ2n) is 4.65. The summed E-state index contributed by atoms with van der Waals surface area (Å²) in [5, 5.41) is 13.2. The highest BCUT2D eigenvalue weighted by molar-refractivity contribution is 5.20. The maximum Gasteiger partial charge on any atom is 0.127 e. The van der Waals surface area contributed by atoms with Gasteiger partial charge in [0.2, 0.25) is 0 Å². The van der Waals surface area contributed by atoms with Crippen molar-refractivity contribution in [1.82, 2.24) is 5.32 Å². The summed E-state index contributed by atoms with van der Waals surface area (Å²) < 4.78 is 18.7. The highest BCUT2D eigenvalue weighted by atomic mass is 19.1. The first-order chi connectivity index (χ1) is 8.11. The summed E-state index contributed by atoms with van der Waals surface area (Å²) in [4.78, 5) is 0. The molecule has 1 aromatic carbocycles. The minimum atomic E-state index is -0.806. The minimum absolute atomic E-state index is 0.124. The first-order valence-corrected chi connectivity index (χ1v) is 5.89. The van der Waals surface area contributed by atoms with Crippen molar-refractivity contribution in [3.63, 3.8) is 0 Å². The summed E-state index contributed by atoms with van der Waals surface area (Å²) in [6.45, 7) is 3.25. The molecule has 3 nitrogen and oxygen atoms in total. The number of hydrogen-bond acceptors (Lipinski definition) is 3. The second-order valence-corrected chi connectivity index (χ2v) is 4.65. The largest absolute Gasteiger partial charge is 0.386 e. The van der Waals surface area contributed by atoms with E-state index in [-0.39, 0.29) is 11.9 Å². The van der Waals surface area contributed by atoms with E-state index < -0.39 is 5.60 Å². The molecule has 2 N–H and O–H groups in total. The number of hydrogen-bond donors (Lipinski definition) is 2. The van der Waals surface area contributed by atoms with Crippen molar-refractivity contribution in [2.75, 3.05) is 19.8 Å². The van der Waals surface area contributed by atoms with Crippen molar-refractivity contribution in [2.24, 2.45) is 0 Å². The first kappa shape index (κ1) is 12.5. The van der Waals surface area contributed by atoms with Crippen LogP contribution in [0.2, 0.25) is 0 Å². The zero-order valence-corrected chi connectivity index (χ0v) is 9.95. The van der Waals surface area contributed by atoms with Gasteiger partial charge in [-0.15, -0.1) is 0 Å². The lowest BCUT2D eigenvalue weighted by molar-refractivity contribution is 0.0251. The van der Waals surface area contributed by atoms with Gasteiger partial charge in [-0.3, -0.25) is 0 Å². The van der Waals surface area contributed by atoms with Crippen molar-refractivity contribution >= 4 is 0 Å². The van der Waals surface area contributed by atoms with Crippen LogP contribution in [0.1, 0.15) is 24.9 Å². The molecule has 0 saturated carbocycles. The van der Waals surface area contributed by atoms with Gasteiger partial charge in [-0.25, -0.2) is 4.39 Å². The molecule has 2 rings (SSSR count). The number of halogens is 1. The van der Waals surface area contributed by atoms with Crippen LogP contribution in [0.4, 0.5) is 4.39 Å². The third kappa shape index (κ3) is 3.03. The van der Waals surface area contributed by atoms with E-state index in [1.54, 1.807) is 12.1 Å². The van der Waals surface area contributed by atoms with Crippen LogP contribution in [-0.4, -0.2) is 30.5 Å². The third-order valence-electron chi connectivity index (χ3n) is 3.19.